The molecule has 114 valence electrons. The number of carbonyl (C=O) groups is 1. The van der Waals surface area contributed by atoms with Crippen LogP contribution in [0.4, 0.5) is 5.69 Å². The van der Waals surface area contributed by atoms with E-state index in [1.807, 2.05) is 0 Å². The Morgan fingerprint density at radius 1 is 1.43 bits per heavy atom. The molecule has 1 aromatic rings. The van der Waals surface area contributed by atoms with Gasteiger partial charge in [0.1, 0.15) is 11.5 Å². The van der Waals surface area contributed by atoms with E-state index in [-0.39, 0.29) is 11.9 Å². The van der Waals surface area contributed by atoms with Crippen molar-refractivity contribution in [2.24, 2.45) is 0 Å². The van der Waals surface area contributed by atoms with Crippen LogP contribution in [0.5, 0.6) is 5.75 Å². The molecule has 0 saturated heterocycles. The first kappa shape index (κ1) is 15.3. The van der Waals surface area contributed by atoms with Crippen molar-refractivity contribution < 1.29 is 14.3 Å². The summed E-state index contributed by atoms with van der Waals surface area (Å²) in [5.74, 6) is 0.769. The van der Waals surface area contributed by atoms with Crippen LogP contribution >= 0.6 is 11.6 Å². The highest BCUT2D eigenvalue weighted by Crippen LogP contribution is 2.29. The molecular formula is C14H18ClN3O3. The summed E-state index contributed by atoms with van der Waals surface area (Å²) < 4.78 is 10.4. The summed E-state index contributed by atoms with van der Waals surface area (Å²) in [6, 6.07) is 2.85. The first-order chi connectivity index (χ1) is 10.1. The van der Waals surface area contributed by atoms with Gasteiger partial charge in [-0.2, -0.15) is 0 Å². The number of hydrogen-bond donors (Lipinski definition) is 3. The van der Waals surface area contributed by atoms with Crippen LogP contribution in [-0.4, -0.2) is 32.7 Å². The summed E-state index contributed by atoms with van der Waals surface area (Å²) in [7, 11) is 3.04. The van der Waals surface area contributed by atoms with Crippen molar-refractivity contribution in [2.75, 3.05) is 26.5 Å². The maximum Gasteiger partial charge on any atom is 0.255 e. The minimum Gasteiger partial charge on any atom is -0.497 e. The molecule has 1 aliphatic heterocycles. The molecule has 0 radical (unpaired) electrons. The summed E-state index contributed by atoms with van der Waals surface area (Å²) in [6.07, 6.45) is 2.48. The third-order valence-electron chi connectivity index (χ3n) is 3.27. The van der Waals surface area contributed by atoms with Crippen LogP contribution in [0.2, 0.25) is 5.02 Å². The number of benzene rings is 1. The van der Waals surface area contributed by atoms with E-state index in [1.165, 1.54) is 19.2 Å². The molecule has 6 nitrogen and oxygen atoms in total. The number of ether oxygens (including phenoxy) is 2. The molecule has 1 heterocycles. The van der Waals surface area contributed by atoms with E-state index >= 15 is 0 Å². The van der Waals surface area contributed by atoms with Gasteiger partial charge in [0.15, 0.2) is 0 Å². The van der Waals surface area contributed by atoms with E-state index in [1.54, 1.807) is 13.3 Å². The van der Waals surface area contributed by atoms with Crippen LogP contribution in [0.1, 0.15) is 16.8 Å². The Bertz CT molecular complexity index is 575. The molecule has 21 heavy (non-hydrogen) atoms. The topological polar surface area (TPSA) is 85.6 Å². The van der Waals surface area contributed by atoms with Gasteiger partial charge in [0.2, 0.25) is 0 Å². The van der Waals surface area contributed by atoms with E-state index < -0.39 is 0 Å². The quantitative estimate of drug-likeness (QED) is 0.734. The molecule has 1 aromatic carbocycles. The van der Waals surface area contributed by atoms with Gasteiger partial charge >= 0.3 is 0 Å². The molecule has 0 aliphatic carbocycles. The van der Waals surface area contributed by atoms with Gasteiger partial charge in [0.25, 0.3) is 5.91 Å². The van der Waals surface area contributed by atoms with Crippen LogP contribution < -0.4 is 21.1 Å². The lowest BCUT2D eigenvalue weighted by Gasteiger charge is -2.25. The number of halogens is 1. The lowest BCUT2D eigenvalue weighted by Crippen LogP contribution is -2.41. The average Bonchev–Trinajstić information content (AvgIpc) is 2.50. The summed E-state index contributed by atoms with van der Waals surface area (Å²) in [5, 5.41) is 6.29. The van der Waals surface area contributed by atoms with Crippen LogP contribution in [0.3, 0.4) is 0 Å². The second-order valence-electron chi connectivity index (χ2n) is 4.59. The van der Waals surface area contributed by atoms with Gasteiger partial charge in [-0.05, 0) is 12.5 Å². The van der Waals surface area contributed by atoms with Gasteiger partial charge in [-0.15, -0.1) is 0 Å². The third-order valence-corrected chi connectivity index (χ3v) is 3.60. The van der Waals surface area contributed by atoms with Gasteiger partial charge in [0, 0.05) is 18.8 Å². The fourth-order valence-corrected chi connectivity index (χ4v) is 2.30. The summed E-state index contributed by atoms with van der Waals surface area (Å²) >= 11 is 5.98. The lowest BCUT2D eigenvalue weighted by molar-refractivity contribution is 0.0921. The van der Waals surface area contributed by atoms with Crippen molar-refractivity contribution in [3.63, 3.8) is 0 Å². The number of nitrogens with one attached hydrogen (secondary N) is 2. The molecule has 0 saturated carbocycles. The zero-order chi connectivity index (χ0) is 15.4. The van der Waals surface area contributed by atoms with Crippen molar-refractivity contribution >= 4 is 23.2 Å². The van der Waals surface area contributed by atoms with Gasteiger partial charge in [-0.25, -0.2) is 0 Å². The first-order valence-corrected chi connectivity index (χ1v) is 6.86. The van der Waals surface area contributed by atoms with Crippen molar-refractivity contribution in [1.29, 1.82) is 0 Å². The summed E-state index contributed by atoms with van der Waals surface area (Å²) in [4.78, 5) is 12.4. The Kier molecular flexibility index (Phi) is 4.80. The number of hydrogen-bond acceptors (Lipinski definition) is 5. The monoisotopic (exact) mass is 311 g/mol. The number of carbonyl (C=O) groups excluding carboxylic acids is 1. The largest absolute Gasteiger partial charge is 0.497 e. The predicted molar refractivity (Wildman–Crippen MR) is 81.4 cm³/mol. The fraction of sp³-hybridized carbons (Fsp3) is 0.357. The highest BCUT2D eigenvalue weighted by atomic mass is 35.5. The number of anilines is 1. The highest BCUT2D eigenvalue weighted by Gasteiger charge is 2.23. The maximum atomic E-state index is 12.4. The van der Waals surface area contributed by atoms with Crippen molar-refractivity contribution in [2.45, 2.75) is 12.5 Å². The van der Waals surface area contributed by atoms with Gasteiger partial charge in [0.05, 0.1) is 36.5 Å². The lowest BCUT2D eigenvalue weighted by atomic mass is 10.1. The summed E-state index contributed by atoms with van der Waals surface area (Å²) in [6.45, 7) is 0.761. The Morgan fingerprint density at radius 2 is 2.19 bits per heavy atom. The van der Waals surface area contributed by atoms with Crippen LogP contribution in [0.25, 0.3) is 0 Å². The molecular weight excluding hydrogens is 294 g/mol. The zero-order valence-corrected chi connectivity index (χ0v) is 12.7. The molecule has 1 amide bonds. The molecule has 4 N–H and O–H groups in total. The summed E-state index contributed by atoms with van der Waals surface area (Å²) in [5.41, 5.74) is 6.42. The predicted octanol–water partition coefficient (Wildman–Crippen LogP) is 1.51. The second kappa shape index (κ2) is 6.58. The number of nitrogens with two attached hydrogens (primary N) is 1. The van der Waals surface area contributed by atoms with E-state index in [0.29, 0.717) is 27.8 Å². The SMILES string of the molecule is COC1=CNCCC1NC(=O)c1cc(Cl)c(N)cc1OC. The number of rotatable bonds is 4. The Hall–Kier alpha value is -2.08. The fourth-order valence-electron chi connectivity index (χ4n) is 2.14. The average molecular weight is 312 g/mol. The molecule has 0 spiro atoms. The van der Waals surface area contributed by atoms with Crippen molar-refractivity contribution in [3.05, 3.63) is 34.7 Å². The molecule has 1 aliphatic rings. The van der Waals surface area contributed by atoms with Crippen molar-refractivity contribution in [3.8, 4) is 5.75 Å². The van der Waals surface area contributed by atoms with Gasteiger partial charge < -0.3 is 25.8 Å². The Balaban J connectivity index is 2.22. The number of amides is 1. The maximum absolute atomic E-state index is 12.4. The van der Waals surface area contributed by atoms with Crippen molar-refractivity contribution in [1.82, 2.24) is 10.6 Å². The normalized spacial score (nSPS) is 17.5. The molecule has 0 bridgehead atoms. The van der Waals surface area contributed by atoms with Crippen LogP contribution in [0, 0.1) is 0 Å². The van der Waals surface area contributed by atoms with Gasteiger partial charge in [-0.1, -0.05) is 11.6 Å². The van der Waals surface area contributed by atoms with E-state index in [4.69, 9.17) is 26.8 Å². The van der Waals surface area contributed by atoms with E-state index in [0.717, 1.165) is 13.0 Å². The van der Waals surface area contributed by atoms with Gasteiger partial charge in [-0.3, -0.25) is 4.79 Å². The second-order valence-corrected chi connectivity index (χ2v) is 5.00. The number of methoxy groups -OCH3 is 2. The third kappa shape index (κ3) is 3.33. The minimum absolute atomic E-state index is 0.190. The molecule has 0 fully saturated rings. The zero-order valence-electron chi connectivity index (χ0n) is 11.9. The number of nitrogen functional groups attached to an aromatic ring is 1. The first-order valence-electron chi connectivity index (χ1n) is 6.48. The van der Waals surface area contributed by atoms with E-state index in [9.17, 15) is 4.79 Å². The smallest absolute Gasteiger partial charge is 0.255 e. The van der Waals surface area contributed by atoms with E-state index in [2.05, 4.69) is 10.6 Å². The molecule has 1 unspecified atom stereocenters. The van der Waals surface area contributed by atoms with Crippen LogP contribution in [0.15, 0.2) is 24.1 Å². The van der Waals surface area contributed by atoms with Crippen LogP contribution in [-0.2, 0) is 4.74 Å². The standard InChI is InChI=1S/C14H18ClN3O3/c1-20-12-6-10(16)9(15)5-8(12)14(19)18-11-3-4-17-7-13(11)21-2/h5-7,11,17H,3-4,16H2,1-2H3,(H,18,19). The molecule has 7 heteroatoms. The molecule has 2 rings (SSSR count). The minimum atomic E-state index is -0.288. The Labute approximate surface area is 128 Å². The molecule has 0 aromatic heterocycles. The Morgan fingerprint density at radius 3 is 2.86 bits per heavy atom. The highest BCUT2D eigenvalue weighted by molar-refractivity contribution is 6.33. The molecule has 1 atom stereocenters.